The van der Waals surface area contributed by atoms with Crippen molar-refractivity contribution in [3.8, 4) is 17.0 Å². The van der Waals surface area contributed by atoms with Gasteiger partial charge in [0, 0.05) is 93.6 Å². The number of aromatic hydroxyl groups is 1. The molecule has 1 aliphatic carbocycles. The molecule has 0 spiro atoms. The molecule has 3 aliphatic heterocycles. The molecule has 0 radical (unpaired) electrons. The lowest BCUT2D eigenvalue weighted by molar-refractivity contribution is -0.436. The molecule has 15 heteroatoms. The summed E-state index contributed by atoms with van der Waals surface area (Å²) in [5.41, 5.74) is 13.8. The Hall–Kier alpha value is -6.06. The van der Waals surface area contributed by atoms with Crippen LogP contribution in [0.15, 0.2) is 67.0 Å². The number of H-pyrrole nitrogens is 1. The van der Waals surface area contributed by atoms with Gasteiger partial charge in [0.1, 0.15) is 28.9 Å². The van der Waals surface area contributed by atoms with E-state index in [0.717, 1.165) is 84.3 Å². The molecule has 0 bridgehead atoms. The lowest BCUT2D eigenvalue weighted by atomic mass is 9.85. The molecule has 1 atom stereocenters. The molecule has 4 aliphatic rings. The minimum absolute atomic E-state index is 0.0754. The molecule has 6 heterocycles. The SMILES string of the molecule is Cc1cc([C@H]2CN(c3cc(-c4ccccc4O)n[nH+]c3N)CCO2)ccc1C(=O)N1CCN(CC2CCC(n3cc(C)c4cc(N5CCC(=O)NC5=O)cnc43)CC2)CC1. The van der Waals surface area contributed by atoms with Crippen LogP contribution in [0.5, 0.6) is 5.75 Å². The predicted octanol–water partition coefficient (Wildman–Crippen LogP) is 5.03. The van der Waals surface area contributed by atoms with Gasteiger partial charge in [-0.2, -0.15) is 0 Å². The minimum atomic E-state index is -0.397. The van der Waals surface area contributed by atoms with Crippen LogP contribution in [0.25, 0.3) is 22.3 Å². The maximum Gasteiger partial charge on any atom is 0.328 e. The molecule has 15 nitrogen and oxygen atoms in total. The second-order valence-electron chi connectivity index (χ2n) is 16.8. The van der Waals surface area contributed by atoms with Crippen LogP contribution in [-0.2, 0) is 9.53 Å². The number of fused-ring (bicyclic) bond motifs is 1. The maximum atomic E-state index is 13.8. The number of nitrogen functional groups attached to an aromatic ring is 1. The lowest BCUT2D eigenvalue weighted by Crippen LogP contribution is -2.50. The molecule has 5 N–H and O–H groups in total. The van der Waals surface area contributed by atoms with Gasteiger partial charge < -0.3 is 24.2 Å². The van der Waals surface area contributed by atoms with Crippen molar-refractivity contribution < 1.29 is 29.3 Å². The number of anilines is 3. The summed E-state index contributed by atoms with van der Waals surface area (Å²) in [5.74, 6) is 1.04. The molecule has 5 aromatic rings. The summed E-state index contributed by atoms with van der Waals surface area (Å²) in [6.07, 6.45) is 8.48. The number of hydrogen-bond donors (Lipinski definition) is 3. The van der Waals surface area contributed by atoms with Crippen molar-refractivity contribution in [2.24, 2.45) is 5.92 Å². The molecule has 0 unspecified atom stereocenters. The number of imide groups is 1. The van der Waals surface area contributed by atoms with Crippen LogP contribution in [0.1, 0.15) is 71.3 Å². The maximum absolute atomic E-state index is 13.8. The number of hydrogen-bond acceptors (Lipinski definition) is 10. The Morgan fingerprint density at radius 3 is 2.53 bits per heavy atom. The Labute approximate surface area is 349 Å². The van der Waals surface area contributed by atoms with Crippen LogP contribution < -0.4 is 25.9 Å². The third-order valence-electron chi connectivity index (χ3n) is 12.9. The number of rotatable bonds is 8. The number of nitrogens with zero attached hydrogens (tertiary/aromatic N) is 7. The predicted molar refractivity (Wildman–Crippen MR) is 228 cm³/mol. The van der Waals surface area contributed by atoms with Crippen molar-refractivity contribution in [1.82, 2.24) is 29.8 Å². The fourth-order valence-corrected chi connectivity index (χ4v) is 9.50. The second kappa shape index (κ2) is 16.5. The first-order valence-corrected chi connectivity index (χ1v) is 21.1. The van der Waals surface area contributed by atoms with Crippen molar-refractivity contribution in [2.75, 3.05) is 74.5 Å². The Kier molecular flexibility index (Phi) is 10.9. The van der Waals surface area contributed by atoms with Gasteiger partial charge in [0.15, 0.2) is 0 Å². The number of nitrogens with one attached hydrogen (secondary N) is 2. The molecule has 2 aromatic carbocycles. The number of nitrogens with two attached hydrogens (primary N) is 1. The van der Waals surface area contributed by atoms with Gasteiger partial charge in [-0.25, -0.2) is 9.78 Å². The fraction of sp³-hybridized carbons (Fsp3) is 0.422. The van der Waals surface area contributed by atoms with E-state index in [0.29, 0.717) is 74.1 Å². The summed E-state index contributed by atoms with van der Waals surface area (Å²) >= 11 is 0. The number of phenolic OH excluding ortho intramolecular Hbond substituents is 1. The number of benzene rings is 2. The van der Waals surface area contributed by atoms with Gasteiger partial charge >= 0.3 is 11.8 Å². The number of aromatic nitrogens is 4. The van der Waals surface area contributed by atoms with Crippen molar-refractivity contribution in [1.29, 1.82) is 0 Å². The van der Waals surface area contributed by atoms with Gasteiger partial charge in [0.2, 0.25) is 5.91 Å². The Balaban J connectivity index is 0.767. The highest BCUT2D eigenvalue weighted by atomic mass is 16.5. The van der Waals surface area contributed by atoms with Gasteiger partial charge in [-0.1, -0.05) is 29.4 Å². The number of urea groups is 1. The number of piperazine rings is 1. The summed E-state index contributed by atoms with van der Waals surface area (Å²) in [6, 6.07) is 17.0. The number of phenols is 1. The van der Waals surface area contributed by atoms with Gasteiger partial charge in [-0.15, -0.1) is 5.10 Å². The number of ether oxygens (including phenoxy) is 1. The van der Waals surface area contributed by atoms with Crippen LogP contribution in [0, 0.1) is 19.8 Å². The second-order valence-corrected chi connectivity index (χ2v) is 16.8. The highest BCUT2D eigenvalue weighted by Gasteiger charge is 2.31. The zero-order valence-electron chi connectivity index (χ0n) is 34.3. The van der Waals surface area contributed by atoms with Crippen LogP contribution in [0.2, 0.25) is 0 Å². The van der Waals surface area contributed by atoms with E-state index in [1.54, 1.807) is 23.2 Å². The van der Waals surface area contributed by atoms with E-state index in [1.807, 2.05) is 48.2 Å². The number of amides is 4. The van der Waals surface area contributed by atoms with E-state index in [1.165, 1.54) is 0 Å². The Morgan fingerprint density at radius 1 is 0.967 bits per heavy atom. The number of aryl methyl sites for hydroxylation is 2. The van der Waals surface area contributed by atoms with Crippen molar-refractivity contribution in [3.63, 3.8) is 0 Å². The minimum Gasteiger partial charge on any atom is -0.507 e. The molecule has 3 aromatic heterocycles. The van der Waals surface area contributed by atoms with E-state index in [-0.39, 0.29) is 30.1 Å². The largest absolute Gasteiger partial charge is 0.507 e. The number of carbonyl (C=O) groups excluding carboxylic acids is 3. The number of morpholine rings is 1. The quantitative estimate of drug-likeness (QED) is 0.193. The first-order chi connectivity index (χ1) is 29.1. The number of carbonyl (C=O) groups is 3. The molecule has 312 valence electrons. The van der Waals surface area contributed by atoms with Crippen LogP contribution in [0.4, 0.5) is 22.0 Å². The van der Waals surface area contributed by atoms with E-state index in [4.69, 9.17) is 15.5 Å². The number of para-hydroxylation sites is 1. The summed E-state index contributed by atoms with van der Waals surface area (Å²) in [4.78, 5) is 51.0. The van der Waals surface area contributed by atoms with Crippen molar-refractivity contribution in [2.45, 2.75) is 58.1 Å². The third kappa shape index (κ3) is 7.86. The summed E-state index contributed by atoms with van der Waals surface area (Å²) in [7, 11) is 0. The van der Waals surface area contributed by atoms with Crippen LogP contribution in [0.3, 0.4) is 0 Å². The van der Waals surface area contributed by atoms with Gasteiger partial charge in [-0.05, 0) is 86.4 Å². The van der Waals surface area contributed by atoms with E-state index >= 15 is 0 Å². The Morgan fingerprint density at radius 2 is 1.77 bits per heavy atom. The standard InChI is InChI=1S/C45H52N10O5/c1-28-21-31(40-27-53(19-20-60-40)38-23-37(49-50-42(38)46)35-5-3-4-6-39(35)56)9-12-34(28)44(58)52-17-15-51(16-18-52)26-30-7-10-32(11-8-30)55-25-29(2)36-22-33(24-47-43(36)55)54-14-13-41(57)48-45(54)59/h3-6,9,12,21-25,30,32,40,56H,7-8,10-11,13-20,26-27H2,1-2H3,(H2,46,50)(H,48,57,59)/p+1/t30?,32?,40-/m1/s1. The average molecular weight is 814 g/mol. The fourth-order valence-electron chi connectivity index (χ4n) is 9.50. The zero-order valence-corrected chi connectivity index (χ0v) is 34.3. The summed E-state index contributed by atoms with van der Waals surface area (Å²) < 4.78 is 8.56. The van der Waals surface area contributed by atoms with Gasteiger partial charge in [0.05, 0.1) is 18.5 Å². The van der Waals surface area contributed by atoms with Crippen molar-refractivity contribution >= 4 is 46.1 Å². The zero-order chi connectivity index (χ0) is 41.5. The van der Waals surface area contributed by atoms with Crippen molar-refractivity contribution in [3.05, 3.63) is 89.2 Å². The molecule has 9 rings (SSSR count). The highest BCUT2D eigenvalue weighted by molar-refractivity contribution is 6.06. The number of pyridine rings is 1. The molecule has 4 fully saturated rings. The molecule has 4 amide bonds. The molecular formula is C45H53N10O5+. The Bertz CT molecular complexity index is 2440. The van der Waals surface area contributed by atoms with E-state index in [9.17, 15) is 19.5 Å². The summed E-state index contributed by atoms with van der Waals surface area (Å²) in [6.45, 7) is 10.4. The molecule has 3 saturated heterocycles. The normalized spacial score (nSPS) is 21.7. The lowest BCUT2D eigenvalue weighted by Gasteiger charge is -2.38. The van der Waals surface area contributed by atoms with Gasteiger partial charge in [-0.3, -0.25) is 30.4 Å². The first kappa shape index (κ1) is 39.4. The van der Waals surface area contributed by atoms with Crippen LogP contribution >= 0.6 is 0 Å². The summed E-state index contributed by atoms with van der Waals surface area (Å²) in [5, 5.41) is 21.1. The molecular weight excluding hydrogens is 761 g/mol. The highest BCUT2D eigenvalue weighted by Crippen LogP contribution is 2.37. The monoisotopic (exact) mass is 813 g/mol. The smallest absolute Gasteiger partial charge is 0.328 e. The van der Waals surface area contributed by atoms with E-state index in [2.05, 4.69) is 49.1 Å². The topological polar surface area (TPSA) is 177 Å². The third-order valence-corrected chi connectivity index (χ3v) is 12.9. The number of aromatic amines is 1. The van der Waals surface area contributed by atoms with E-state index < -0.39 is 6.03 Å². The molecule has 60 heavy (non-hydrogen) atoms. The van der Waals surface area contributed by atoms with Crippen LogP contribution in [-0.4, -0.2) is 106 Å². The van der Waals surface area contributed by atoms with Gasteiger partial charge in [0.25, 0.3) is 5.91 Å². The first-order valence-electron chi connectivity index (χ1n) is 21.1. The molecule has 1 saturated carbocycles. The average Bonchev–Trinajstić information content (AvgIpc) is 3.59.